The third-order valence-corrected chi connectivity index (χ3v) is 10.6. The average molecular weight is 553 g/mol. The lowest BCUT2D eigenvalue weighted by atomic mass is 9.70. The Kier molecular flexibility index (Phi) is 5.87. The number of aromatic nitrogens is 2. The molecule has 6 aromatic rings. The van der Waals surface area contributed by atoms with Crippen LogP contribution in [-0.2, 0) is 5.41 Å². The molecule has 7 heteroatoms. The Balaban J connectivity index is 1.33. The Labute approximate surface area is 232 Å². The molecule has 0 aliphatic carbocycles. The maximum Gasteiger partial charge on any atom is 0.128 e. The molecule has 0 bridgehead atoms. The number of rotatable bonds is 4. The molecule has 0 radical (unpaired) electrons. The van der Waals surface area contributed by atoms with E-state index in [1.807, 2.05) is 48.2 Å². The smallest absolute Gasteiger partial charge is 0.128 e. The zero-order chi connectivity index (χ0) is 25.7. The molecule has 1 saturated heterocycles. The first kappa shape index (κ1) is 23.7. The SMILES string of the molecule is Oc1ccccc1-c1nc2cc(C3(c4ccc5sc(-c6ccccc6O)nc5c4)CCSCC3)ccc2s1. The summed E-state index contributed by atoms with van der Waals surface area (Å²) in [6.45, 7) is 0. The molecule has 3 heterocycles. The number of phenols is 2. The molecular weight excluding hydrogens is 529 g/mol. The highest BCUT2D eigenvalue weighted by atomic mass is 32.2. The third kappa shape index (κ3) is 3.97. The molecule has 2 N–H and O–H groups in total. The standard InChI is InChI=1S/C31H24N2O2S3/c34-25-7-3-1-5-21(25)29-32-23-17-19(9-11-27(23)37-29)31(13-15-36-16-14-31)20-10-12-28-24(18-20)33-30(38-28)22-6-2-4-8-26(22)35/h1-12,17-18,34-35H,13-16H2. The summed E-state index contributed by atoms with van der Waals surface area (Å²) in [5.74, 6) is 2.73. The second-order valence-electron chi connectivity index (χ2n) is 9.63. The molecule has 0 amide bonds. The van der Waals surface area contributed by atoms with Crippen LogP contribution in [0.1, 0.15) is 24.0 Å². The molecule has 1 aliphatic heterocycles. The molecule has 38 heavy (non-hydrogen) atoms. The van der Waals surface area contributed by atoms with Crippen LogP contribution in [0.3, 0.4) is 0 Å². The molecule has 4 nitrogen and oxygen atoms in total. The minimum Gasteiger partial charge on any atom is -0.507 e. The zero-order valence-electron chi connectivity index (χ0n) is 20.4. The first-order valence-electron chi connectivity index (χ1n) is 12.6. The predicted molar refractivity (Wildman–Crippen MR) is 161 cm³/mol. The van der Waals surface area contributed by atoms with Crippen LogP contribution in [0.2, 0.25) is 0 Å². The summed E-state index contributed by atoms with van der Waals surface area (Å²) < 4.78 is 2.24. The normalized spacial score (nSPS) is 15.3. The molecule has 2 aromatic heterocycles. The van der Waals surface area contributed by atoms with E-state index >= 15 is 0 Å². The van der Waals surface area contributed by atoms with E-state index in [0.717, 1.165) is 65.9 Å². The van der Waals surface area contributed by atoms with E-state index in [9.17, 15) is 10.2 Å². The highest BCUT2D eigenvalue weighted by molar-refractivity contribution is 7.99. The summed E-state index contributed by atoms with van der Waals surface area (Å²) in [7, 11) is 0. The van der Waals surface area contributed by atoms with E-state index in [-0.39, 0.29) is 16.9 Å². The number of nitrogens with zero attached hydrogens (tertiary/aromatic N) is 2. The lowest BCUT2D eigenvalue weighted by Gasteiger charge is -2.38. The summed E-state index contributed by atoms with van der Waals surface area (Å²) in [6.07, 6.45) is 2.11. The van der Waals surface area contributed by atoms with Crippen molar-refractivity contribution >= 4 is 54.9 Å². The summed E-state index contributed by atoms with van der Waals surface area (Å²) >= 11 is 5.25. The lowest BCUT2D eigenvalue weighted by Crippen LogP contribution is -2.32. The highest BCUT2D eigenvalue weighted by Gasteiger charge is 2.36. The molecule has 0 saturated carbocycles. The van der Waals surface area contributed by atoms with Gasteiger partial charge < -0.3 is 10.2 Å². The summed E-state index contributed by atoms with van der Waals surface area (Å²) in [4.78, 5) is 9.88. The van der Waals surface area contributed by atoms with Crippen molar-refractivity contribution in [3.63, 3.8) is 0 Å². The number of hydrogen-bond donors (Lipinski definition) is 2. The van der Waals surface area contributed by atoms with Crippen molar-refractivity contribution in [2.24, 2.45) is 0 Å². The van der Waals surface area contributed by atoms with Crippen LogP contribution < -0.4 is 0 Å². The Bertz CT molecular complexity index is 1670. The maximum atomic E-state index is 10.4. The molecule has 0 unspecified atom stereocenters. The van der Waals surface area contributed by atoms with Crippen LogP contribution in [0.5, 0.6) is 11.5 Å². The van der Waals surface area contributed by atoms with E-state index in [2.05, 4.69) is 36.4 Å². The van der Waals surface area contributed by atoms with Crippen LogP contribution in [0.4, 0.5) is 0 Å². The van der Waals surface area contributed by atoms with Gasteiger partial charge in [-0.25, -0.2) is 9.97 Å². The van der Waals surface area contributed by atoms with Crippen molar-refractivity contribution in [3.05, 3.63) is 96.1 Å². The lowest BCUT2D eigenvalue weighted by molar-refractivity contribution is 0.476. The fraction of sp³-hybridized carbons (Fsp3) is 0.161. The van der Waals surface area contributed by atoms with Crippen LogP contribution in [-0.4, -0.2) is 31.7 Å². The fourth-order valence-corrected chi connectivity index (χ4v) is 8.60. The van der Waals surface area contributed by atoms with Gasteiger partial charge in [0.1, 0.15) is 21.5 Å². The van der Waals surface area contributed by atoms with E-state index in [0.29, 0.717) is 0 Å². The molecule has 1 fully saturated rings. The van der Waals surface area contributed by atoms with Gasteiger partial charge in [-0.15, -0.1) is 22.7 Å². The van der Waals surface area contributed by atoms with Gasteiger partial charge >= 0.3 is 0 Å². The van der Waals surface area contributed by atoms with E-state index in [4.69, 9.17) is 9.97 Å². The Morgan fingerprint density at radius 2 is 1.08 bits per heavy atom. The van der Waals surface area contributed by atoms with Gasteiger partial charge in [0.15, 0.2) is 0 Å². The number of para-hydroxylation sites is 2. The number of hydrogen-bond acceptors (Lipinski definition) is 7. The van der Waals surface area contributed by atoms with Gasteiger partial charge in [-0.2, -0.15) is 11.8 Å². The quantitative estimate of drug-likeness (QED) is 0.230. The molecule has 7 rings (SSSR count). The zero-order valence-corrected chi connectivity index (χ0v) is 22.9. The van der Waals surface area contributed by atoms with Crippen molar-refractivity contribution in [2.45, 2.75) is 18.3 Å². The molecule has 188 valence electrons. The van der Waals surface area contributed by atoms with E-state index < -0.39 is 0 Å². The van der Waals surface area contributed by atoms with Crippen LogP contribution in [0, 0.1) is 0 Å². The highest BCUT2D eigenvalue weighted by Crippen LogP contribution is 2.47. The number of thioether (sulfide) groups is 1. The van der Waals surface area contributed by atoms with Gasteiger partial charge in [0.2, 0.25) is 0 Å². The first-order valence-corrected chi connectivity index (χ1v) is 15.4. The van der Waals surface area contributed by atoms with Crippen molar-refractivity contribution in [1.29, 1.82) is 0 Å². The fourth-order valence-electron chi connectivity index (χ4n) is 5.45. The van der Waals surface area contributed by atoms with Gasteiger partial charge in [-0.1, -0.05) is 36.4 Å². The summed E-state index contributed by atoms with van der Waals surface area (Å²) in [6, 6.07) is 28.2. The topological polar surface area (TPSA) is 66.2 Å². The molecule has 1 aliphatic rings. The van der Waals surface area contributed by atoms with Crippen molar-refractivity contribution < 1.29 is 10.2 Å². The van der Waals surface area contributed by atoms with Gasteiger partial charge in [-0.3, -0.25) is 0 Å². The molecular formula is C31H24N2O2S3. The number of thiazole rings is 2. The summed E-state index contributed by atoms with van der Waals surface area (Å²) in [5, 5.41) is 22.4. The number of phenolic OH excluding ortho intramolecular Hbond substituents is 2. The van der Waals surface area contributed by atoms with Crippen molar-refractivity contribution in [3.8, 4) is 32.6 Å². The number of aromatic hydroxyl groups is 2. The van der Waals surface area contributed by atoms with Gasteiger partial charge in [0, 0.05) is 5.41 Å². The largest absolute Gasteiger partial charge is 0.507 e. The molecule has 0 atom stereocenters. The minimum absolute atomic E-state index is 0.106. The van der Waals surface area contributed by atoms with Crippen molar-refractivity contribution in [2.75, 3.05) is 11.5 Å². The Morgan fingerprint density at radius 1 is 0.605 bits per heavy atom. The second-order valence-corrected chi connectivity index (χ2v) is 12.9. The molecule has 4 aromatic carbocycles. The minimum atomic E-state index is -0.106. The summed E-state index contributed by atoms with van der Waals surface area (Å²) in [5.41, 5.74) is 5.96. The first-order chi connectivity index (χ1) is 18.6. The third-order valence-electron chi connectivity index (χ3n) is 7.50. The number of benzene rings is 4. The second kappa shape index (κ2) is 9.42. The Morgan fingerprint density at radius 3 is 1.55 bits per heavy atom. The van der Waals surface area contributed by atoms with Crippen molar-refractivity contribution in [1.82, 2.24) is 9.97 Å². The van der Waals surface area contributed by atoms with Crippen LogP contribution in [0.15, 0.2) is 84.9 Å². The number of fused-ring (bicyclic) bond motifs is 2. The Hall–Kier alpha value is -3.39. The van der Waals surface area contributed by atoms with Gasteiger partial charge in [0.25, 0.3) is 0 Å². The predicted octanol–water partition coefficient (Wildman–Crippen LogP) is 8.46. The van der Waals surface area contributed by atoms with E-state index in [1.54, 1.807) is 34.8 Å². The maximum absolute atomic E-state index is 10.4. The van der Waals surface area contributed by atoms with Crippen LogP contribution in [0.25, 0.3) is 41.6 Å². The average Bonchev–Trinajstić information content (AvgIpc) is 3.57. The van der Waals surface area contributed by atoms with E-state index in [1.165, 1.54) is 11.1 Å². The van der Waals surface area contributed by atoms with Gasteiger partial charge in [0.05, 0.1) is 31.6 Å². The monoisotopic (exact) mass is 552 g/mol. The van der Waals surface area contributed by atoms with Crippen LogP contribution >= 0.6 is 34.4 Å². The molecule has 0 spiro atoms. The van der Waals surface area contributed by atoms with Gasteiger partial charge in [-0.05, 0) is 84.0 Å².